The first-order valence-electron chi connectivity index (χ1n) is 7.42. The summed E-state index contributed by atoms with van der Waals surface area (Å²) < 4.78 is 10.9. The van der Waals surface area contributed by atoms with Gasteiger partial charge in [0.1, 0.15) is 11.5 Å². The van der Waals surface area contributed by atoms with Crippen molar-refractivity contribution in [1.29, 1.82) is 0 Å². The molecule has 0 saturated heterocycles. The molecule has 2 aromatic rings. The molecule has 2 heterocycles. The van der Waals surface area contributed by atoms with Gasteiger partial charge in [-0.3, -0.25) is 9.59 Å². The van der Waals surface area contributed by atoms with E-state index in [0.717, 1.165) is 23.5 Å². The van der Waals surface area contributed by atoms with Crippen LogP contribution < -0.4 is 20.3 Å². The van der Waals surface area contributed by atoms with Crippen molar-refractivity contribution < 1.29 is 14.3 Å². The molecule has 0 unspecified atom stereocenters. The molecule has 0 fully saturated rings. The lowest BCUT2D eigenvalue weighted by Gasteiger charge is -2.25. The van der Waals surface area contributed by atoms with Crippen LogP contribution in [0.1, 0.15) is 15.9 Å². The SMILES string of the molecule is COc1ccc2c(c1)OC[C@H](CNC(=O)c1ccc(=O)[nH]c1)C2. The quantitative estimate of drug-likeness (QED) is 0.893. The molecule has 1 aromatic heterocycles. The van der Waals surface area contributed by atoms with Crippen LogP contribution >= 0.6 is 0 Å². The van der Waals surface area contributed by atoms with Gasteiger partial charge in [-0.15, -0.1) is 0 Å². The number of ether oxygens (including phenoxy) is 2. The maximum absolute atomic E-state index is 12.0. The molecule has 0 saturated carbocycles. The van der Waals surface area contributed by atoms with Crippen LogP contribution in [0.3, 0.4) is 0 Å². The summed E-state index contributed by atoms with van der Waals surface area (Å²) in [7, 11) is 1.62. The molecule has 1 amide bonds. The van der Waals surface area contributed by atoms with Gasteiger partial charge in [0.25, 0.3) is 5.91 Å². The third-order valence-corrected chi connectivity index (χ3v) is 3.86. The van der Waals surface area contributed by atoms with Gasteiger partial charge in [-0.25, -0.2) is 0 Å². The van der Waals surface area contributed by atoms with Gasteiger partial charge in [0.2, 0.25) is 5.56 Å². The third kappa shape index (κ3) is 3.53. The average Bonchev–Trinajstić information content (AvgIpc) is 2.59. The van der Waals surface area contributed by atoms with E-state index in [1.807, 2.05) is 18.2 Å². The number of carbonyl (C=O) groups excluding carboxylic acids is 1. The zero-order valence-corrected chi connectivity index (χ0v) is 12.8. The molecule has 23 heavy (non-hydrogen) atoms. The summed E-state index contributed by atoms with van der Waals surface area (Å²) in [5, 5.41) is 2.88. The van der Waals surface area contributed by atoms with E-state index >= 15 is 0 Å². The van der Waals surface area contributed by atoms with Crippen molar-refractivity contribution >= 4 is 5.91 Å². The van der Waals surface area contributed by atoms with Crippen molar-refractivity contribution in [3.05, 3.63) is 58.0 Å². The van der Waals surface area contributed by atoms with Crippen molar-refractivity contribution in [1.82, 2.24) is 10.3 Å². The van der Waals surface area contributed by atoms with Gasteiger partial charge < -0.3 is 19.8 Å². The highest BCUT2D eigenvalue weighted by atomic mass is 16.5. The van der Waals surface area contributed by atoms with Crippen molar-refractivity contribution in [3.8, 4) is 11.5 Å². The van der Waals surface area contributed by atoms with E-state index in [2.05, 4.69) is 10.3 Å². The standard InChI is InChI=1S/C17H18N2O4/c1-22-14-4-2-12-6-11(10-23-15(12)7-14)8-19-17(21)13-3-5-16(20)18-9-13/h2-5,7,9,11H,6,8,10H2,1H3,(H,18,20)(H,19,21)/t11-/m0/s1. The number of pyridine rings is 1. The number of carbonyl (C=O) groups is 1. The van der Waals surface area contributed by atoms with Crippen LogP contribution in [0.25, 0.3) is 0 Å². The van der Waals surface area contributed by atoms with Gasteiger partial charge in [-0.2, -0.15) is 0 Å². The first-order valence-corrected chi connectivity index (χ1v) is 7.42. The minimum Gasteiger partial charge on any atom is -0.497 e. The van der Waals surface area contributed by atoms with E-state index in [1.165, 1.54) is 18.3 Å². The number of H-pyrrole nitrogens is 1. The third-order valence-electron chi connectivity index (χ3n) is 3.86. The Labute approximate surface area is 133 Å². The Morgan fingerprint density at radius 3 is 3.00 bits per heavy atom. The normalized spacial score (nSPS) is 16.1. The molecule has 0 aliphatic carbocycles. The summed E-state index contributed by atoms with van der Waals surface area (Å²) in [6.07, 6.45) is 2.25. The lowest BCUT2D eigenvalue weighted by molar-refractivity contribution is 0.0938. The fourth-order valence-electron chi connectivity index (χ4n) is 2.56. The second-order valence-corrected chi connectivity index (χ2v) is 5.51. The van der Waals surface area contributed by atoms with Crippen molar-refractivity contribution in [2.45, 2.75) is 6.42 Å². The van der Waals surface area contributed by atoms with E-state index in [1.54, 1.807) is 7.11 Å². The van der Waals surface area contributed by atoms with Crippen LogP contribution in [-0.2, 0) is 6.42 Å². The van der Waals surface area contributed by atoms with Gasteiger partial charge in [0.05, 0.1) is 19.3 Å². The molecule has 3 rings (SSSR count). The van der Waals surface area contributed by atoms with E-state index in [-0.39, 0.29) is 17.4 Å². The molecule has 0 radical (unpaired) electrons. The Kier molecular flexibility index (Phi) is 4.32. The van der Waals surface area contributed by atoms with Crippen LogP contribution in [-0.4, -0.2) is 31.2 Å². The lowest BCUT2D eigenvalue weighted by atomic mass is 9.96. The number of rotatable bonds is 4. The summed E-state index contributed by atoms with van der Waals surface area (Å²) in [4.78, 5) is 25.5. The second kappa shape index (κ2) is 6.56. The van der Waals surface area contributed by atoms with E-state index in [0.29, 0.717) is 18.7 Å². The highest BCUT2D eigenvalue weighted by molar-refractivity contribution is 5.93. The maximum atomic E-state index is 12.0. The molecule has 6 nitrogen and oxygen atoms in total. The molecule has 1 atom stereocenters. The summed E-state index contributed by atoms with van der Waals surface area (Å²) in [5.74, 6) is 1.62. The smallest absolute Gasteiger partial charge is 0.252 e. The predicted molar refractivity (Wildman–Crippen MR) is 85.1 cm³/mol. The molecule has 120 valence electrons. The Morgan fingerprint density at radius 2 is 2.26 bits per heavy atom. The van der Waals surface area contributed by atoms with Crippen molar-refractivity contribution in [2.75, 3.05) is 20.3 Å². The topological polar surface area (TPSA) is 80.4 Å². The number of aromatic nitrogens is 1. The molecular formula is C17H18N2O4. The predicted octanol–water partition coefficient (Wildman–Crippen LogP) is 1.36. The van der Waals surface area contributed by atoms with E-state index in [4.69, 9.17) is 9.47 Å². The van der Waals surface area contributed by atoms with Crippen LogP contribution in [0.4, 0.5) is 0 Å². The van der Waals surface area contributed by atoms with Gasteiger partial charge in [0.15, 0.2) is 0 Å². The highest BCUT2D eigenvalue weighted by Gasteiger charge is 2.21. The van der Waals surface area contributed by atoms with Crippen molar-refractivity contribution in [2.24, 2.45) is 5.92 Å². The molecule has 1 aliphatic heterocycles. The number of amides is 1. The number of fused-ring (bicyclic) bond motifs is 1. The molecule has 1 aromatic carbocycles. The van der Waals surface area contributed by atoms with Crippen molar-refractivity contribution in [3.63, 3.8) is 0 Å². The van der Waals surface area contributed by atoms with Crippen LogP contribution in [0.2, 0.25) is 0 Å². The molecule has 0 spiro atoms. The number of aromatic amines is 1. The minimum absolute atomic E-state index is 0.207. The minimum atomic E-state index is -0.228. The van der Waals surface area contributed by atoms with Gasteiger partial charge in [-0.1, -0.05) is 6.07 Å². The molecular weight excluding hydrogens is 296 g/mol. The van der Waals surface area contributed by atoms with Crippen LogP contribution in [0.15, 0.2) is 41.3 Å². The first-order chi connectivity index (χ1) is 11.2. The summed E-state index contributed by atoms with van der Waals surface area (Å²) in [6.45, 7) is 1.06. The Bertz CT molecular complexity index is 749. The van der Waals surface area contributed by atoms with E-state index < -0.39 is 0 Å². The highest BCUT2D eigenvalue weighted by Crippen LogP contribution is 2.30. The Hall–Kier alpha value is -2.76. The van der Waals surface area contributed by atoms with Gasteiger partial charge in [0, 0.05) is 30.8 Å². The first kappa shape index (κ1) is 15.1. The zero-order chi connectivity index (χ0) is 16.2. The number of nitrogens with one attached hydrogen (secondary N) is 2. The fraction of sp³-hybridized carbons (Fsp3) is 0.294. The Morgan fingerprint density at radius 1 is 1.39 bits per heavy atom. The number of hydrogen-bond donors (Lipinski definition) is 2. The van der Waals surface area contributed by atoms with Crippen LogP contribution in [0.5, 0.6) is 11.5 Å². The Balaban J connectivity index is 1.58. The molecule has 2 N–H and O–H groups in total. The largest absolute Gasteiger partial charge is 0.497 e. The fourth-order valence-corrected chi connectivity index (χ4v) is 2.56. The van der Waals surface area contributed by atoms with Gasteiger partial charge >= 0.3 is 0 Å². The summed E-state index contributed by atoms with van der Waals surface area (Å²) in [6, 6.07) is 8.62. The summed E-state index contributed by atoms with van der Waals surface area (Å²) in [5.41, 5.74) is 1.32. The van der Waals surface area contributed by atoms with Gasteiger partial charge in [-0.05, 0) is 24.1 Å². The molecule has 1 aliphatic rings. The number of methoxy groups -OCH3 is 1. The van der Waals surface area contributed by atoms with E-state index in [9.17, 15) is 9.59 Å². The number of benzene rings is 1. The second-order valence-electron chi connectivity index (χ2n) is 5.51. The number of hydrogen-bond acceptors (Lipinski definition) is 4. The monoisotopic (exact) mass is 314 g/mol. The maximum Gasteiger partial charge on any atom is 0.252 e. The molecule has 0 bridgehead atoms. The average molecular weight is 314 g/mol. The lowest BCUT2D eigenvalue weighted by Crippen LogP contribution is -2.35. The zero-order valence-electron chi connectivity index (χ0n) is 12.8. The summed E-state index contributed by atoms with van der Waals surface area (Å²) >= 11 is 0. The molecule has 6 heteroatoms. The van der Waals surface area contributed by atoms with Crippen LogP contribution in [0, 0.1) is 5.92 Å².